The summed E-state index contributed by atoms with van der Waals surface area (Å²) in [6, 6.07) is 0. The Bertz CT molecular complexity index is 321. The second-order valence-corrected chi connectivity index (χ2v) is 9.59. The molecule has 0 N–H and O–H groups in total. The van der Waals surface area contributed by atoms with E-state index in [9.17, 15) is 0 Å². The third-order valence-corrected chi connectivity index (χ3v) is 5.59. The van der Waals surface area contributed by atoms with Gasteiger partial charge in [0.2, 0.25) is 0 Å². The molecule has 0 aliphatic carbocycles. The predicted molar refractivity (Wildman–Crippen MR) is 118 cm³/mol. The van der Waals surface area contributed by atoms with E-state index in [0.29, 0.717) is 25.0 Å². The van der Waals surface area contributed by atoms with Crippen molar-refractivity contribution in [2.24, 2.45) is 11.8 Å². The molecule has 0 aliphatic heterocycles. The summed E-state index contributed by atoms with van der Waals surface area (Å²) in [6.07, 6.45) is 11.4. The van der Waals surface area contributed by atoms with Crippen LogP contribution in [0.2, 0.25) is 0 Å². The monoisotopic (exact) mass is 402 g/mol. The molecule has 0 saturated heterocycles. The minimum atomic E-state index is -0.337. The zero-order chi connectivity index (χ0) is 21.5. The average Bonchev–Trinajstić information content (AvgIpc) is 2.65. The van der Waals surface area contributed by atoms with Crippen LogP contribution in [0, 0.1) is 11.8 Å². The molecule has 28 heavy (non-hydrogen) atoms. The summed E-state index contributed by atoms with van der Waals surface area (Å²) < 4.78 is 0. The van der Waals surface area contributed by atoms with Crippen molar-refractivity contribution in [1.82, 2.24) is 0 Å². The van der Waals surface area contributed by atoms with Gasteiger partial charge in [0.15, 0.2) is 0 Å². The van der Waals surface area contributed by atoms with Crippen molar-refractivity contribution in [2.45, 2.75) is 131 Å². The summed E-state index contributed by atoms with van der Waals surface area (Å²) in [5.41, 5.74) is -0.673. The predicted octanol–water partition coefficient (Wildman–Crippen LogP) is 7.65. The summed E-state index contributed by atoms with van der Waals surface area (Å²) in [7, 11) is 0. The van der Waals surface area contributed by atoms with E-state index < -0.39 is 0 Å². The lowest BCUT2D eigenvalue weighted by molar-refractivity contribution is -0.374. The number of hydrogen-bond donors (Lipinski definition) is 0. The van der Waals surface area contributed by atoms with E-state index in [0.717, 1.165) is 25.7 Å². The molecule has 4 heteroatoms. The van der Waals surface area contributed by atoms with E-state index >= 15 is 0 Å². The van der Waals surface area contributed by atoms with Crippen LogP contribution in [-0.4, -0.2) is 24.4 Å². The summed E-state index contributed by atoms with van der Waals surface area (Å²) in [6.45, 7) is 18.6. The lowest BCUT2D eigenvalue weighted by Gasteiger charge is -2.30. The standard InChI is InChI=1S/C24H50O4/c1-9-13-15-21(11-3)19-25-27-23(5,6)17-18-24(7,8)28-26-20-22(12-4)16-14-10-2/h21-22H,9-20H2,1-8H3. The lowest BCUT2D eigenvalue weighted by atomic mass is 9.94. The Hall–Kier alpha value is -0.160. The van der Waals surface area contributed by atoms with E-state index in [2.05, 4.69) is 55.4 Å². The second kappa shape index (κ2) is 15.6. The molecule has 170 valence electrons. The maximum absolute atomic E-state index is 5.75. The highest BCUT2D eigenvalue weighted by Gasteiger charge is 2.28. The van der Waals surface area contributed by atoms with Gasteiger partial charge in [0, 0.05) is 0 Å². The fraction of sp³-hybridized carbons (Fsp3) is 1.00. The Morgan fingerprint density at radius 3 is 1.25 bits per heavy atom. The Morgan fingerprint density at radius 1 is 0.607 bits per heavy atom. The molecule has 0 rings (SSSR count). The zero-order valence-electron chi connectivity index (χ0n) is 20.3. The fourth-order valence-electron chi connectivity index (χ4n) is 3.06. The minimum Gasteiger partial charge on any atom is -0.236 e. The third kappa shape index (κ3) is 14.8. The van der Waals surface area contributed by atoms with Crippen LogP contribution >= 0.6 is 0 Å². The van der Waals surface area contributed by atoms with Crippen LogP contribution in [0.1, 0.15) is 120 Å². The van der Waals surface area contributed by atoms with Crippen LogP contribution in [0.25, 0.3) is 0 Å². The quantitative estimate of drug-likeness (QED) is 0.164. The summed E-state index contributed by atoms with van der Waals surface area (Å²) in [5, 5.41) is 0. The molecule has 0 bridgehead atoms. The first-order chi connectivity index (χ1) is 13.2. The highest BCUT2D eigenvalue weighted by molar-refractivity contribution is 4.75. The van der Waals surface area contributed by atoms with Crippen molar-refractivity contribution in [3.8, 4) is 0 Å². The fourth-order valence-corrected chi connectivity index (χ4v) is 3.06. The molecule has 0 fully saturated rings. The molecule has 2 atom stereocenters. The van der Waals surface area contributed by atoms with E-state index in [-0.39, 0.29) is 11.2 Å². The molecule has 0 aromatic rings. The van der Waals surface area contributed by atoms with Crippen molar-refractivity contribution < 1.29 is 19.6 Å². The van der Waals surface area contributed by atoms with Gasteiger partial charge in [0.1, 0.15) is 0 Å². The second-order valence-electron chi connectivity index (χ2n) is 9.59. The maximum Gasteiger partial charge on any atom is 0.0981 e. The first kappa shape index (κ1) is 27.8. The Morgan fingerprint density at radius 2 is 0.964 bits per heavy atom. The largest absolute Gasteiger partial charge is 0.236 e. The third-order valence-electron chi connectivity index (χ3n) is 5.59. The van der Waals surface area contributed by atoms with Crippen molar-refractivity contribution in [3.63, 3.8) is 0 Å². The first-order valence-corrected chi connectivity index (χ1v) is 11.8. The van der Waals surface area contributed by atoms with Crippen LogP contribution in [-0.2, 0) is 19.6 Å². The molecule has 0 saturated carbocycles. The van der Waals surface area contributed by atoms with Gasteiger partial charge in [0.05, 0.1) is 24.4 Å². The smallest absolute Gasteiger partial charge is 0.0981 e. The summed E-state index contributed by atoms with van der Waals surface area (Å²) >= 11 is 0. The molecule has 4 nitrogen and oxygen atoms in total. The maximum atomic E-state index is 5.75. The van der Waals surface area contributed by atoms with Crippen LogP contribution in [0.3, 0.4) is 0 Å². The van der Waals surface area contributed by atoms with E-state index in [1.165, 1.54) is 38.5 Å². The molecular formula is C24H50O4. The van der Waals surface area contributed by atoms with E-state index in [1.807, 2.05) is 0 Å². The Kier molecular flexibility index (Phi) is 15.6. The molecule has 0 aromatic heterocycles. The van der Waals surface area contributed by atoms with Gasteiger partial charge in [-0.1, -0.05) is 66.2 Å². The van der Waals surface area contributed by atoms with Crippen molar-refractivity contribution in [1.29, 1.82) is 0 Å². The van der Waals surface area contributed by atoms with Gasteiger partial charge in [-0.25, -0.2) is 19.6 Å². The molecule has 0 radical (unpaired) electrons. The summed E-state index contributed by atoms with van der Waals surface area (Å²) in [4.78, 5) is 22.7. The normalized spacial score (nSPS) is 15.0. The highest BCUT2D eigenvalue weighted by atomic mass is 17.2. The topological polar surface area (TPSA) is 36.9 Å². The van der Waals surface area contributed by atoms with E-state index in [1.54, 1.807) is 0 Å². The van der Waals surface area contributed by atoms with Crippen molar-refractivity contribution in [3.05, 3.63) is 0 Å². The van der Waals surface area contributed by atoms with Crippen LogP contribution in [0.4, 0.5) is 0 Å². The van der Waals surface area contributed by atoms with Gasteiger partial charge in [-0.05, 0) is 65.2 Å². The lowest BCUT2D eigenvalue weighted by Crippen LogP contribution is -2.32. The number of hydrogen-bond acceptors (Lipinski definition) is 4. The van der Waals surface area contributed by atoms with Gasteiger partial charge in [-0.3, -0.25) is 0 Å². The van der Waals surface area contributed by atoms with Crippen molar-refractivity contribution in [2.75, 3.05) is 13.2 Å². The van der Waals surface area contributed by atoms with Crippen LogP contribution in [0.5, 0.6) is 0 Å². The molecule has 2 unspecified atom stereocenters. The zero-order valence-corrected chi connectivity index (χ0v) is 20.3. The number of unbranched alkanes of at least 4 members (excludes halogenated alkanes) is 2. The van der Waals surface area contributed by atoms with Gasteiger partial charge in [-0.15, -0.1) is 0 Å². The van der Waals surface area contributed by atoms with Gasteiger partial charge in [-0.2, -0.15) is 0 Å². The molecule has 0 aliphatic rings. The molecule has 0 aromatic carbocycles. The van der Waals surface area contributed by atoms with Crippen LogP contribution < -0.4 is 0 Å². The first-order valence-electron chi connectivity index (χ1n) is 11.8. The molecule has 0 amide bonds. The SMILES string of the molecule is CCCCC(CC)COOC(C)(C)CCC(C)(C)OOCC(CC)CCCC. The van der Waals surface area contributed by atoms with Crippen LogP contribution in [0.15, 0.2) is 0 Å². The molecule has 0 heterocycles. The Labute approximate surface area is 175 Å². The Balaban J connectivity index is 4.14. The van der Waals surface area contributed by atoms with Gasteiger partial charge >= 0.3 is 0 Å². The minimum absolute atomic E-state index is 0.337. The molecular weight excluding hydrogens is 352 g/mol. The highest BCUT2D eigenvalue weighted by Crippen LogP contribution is 2.26. The van der Waals surface area contributed by atoms with Gasteiger partial charge < -0.3 is 0 Å². The van der Waals surface area contributed by atoms with Gasteiger partial charge in [0.25, 0.3) is 0 Å². The number of rotatable bonds is 19. The molecule has 0 spiro atoms. The summed E-state index contributed by atoms with van der Waals surface area (Å²) in [5.74, 6) is 1.17. The van der Waals surface area contributed by atoms with Crippen molar-refractivity contribution >= 4 is 0 Å². The average molecular weight is 403 g/mol. The van der Waals surface area contributed by atoms with E-state index in [4.69, 9.17) is 19.6 Å².